The molecule has 2 aromatic carbocycles. The molecule has 2 heterocycles. The zero-order valence-corrected chi connectivity index (χ0v) is 17.9. The van der Waals surface area contributed by atoms with Gasteiger partial charge in [0.25, 0.3) is 11.8 Å². The molecule has 0 N–H and O–H groups in total. The molecule has 0 radical (unpaired) electrons. The molecule has 2 amide bonds. The first-order valence-electron chi connectivity index (χ1n) is 9.40. The van der Waals surface area contributed by atoms with E-state index in [1.54, 1.807) is 30.3 Å². The molecular formula is C23H17F2NO5S. The Kier molecular flexibility index (Phi) is 6.00. The molecule has 0 unspecified atom stereocenters. The van der Waals surface area contributed by atoms with E-state index in [0.717, 1.165) is 23.9 Å². The van der Waals surface area contributed by atoms with E-state index in [4.69, 9.17) is 13.9 Å². The van der Waals surface area contributed by atoms with Crippen LogP contribution in [0.4, 0.5) is 14.5 Å². The molecule has 4 rings (SSSR count). The number of hydrogen-bond donors (Lipinski definition) is 0. The molecule has 0 saturated carbocycles. The highest BCUT2D eigenvalue weighted by Crippen LogP contribution is 2.42. The maximum atomic E-state index is 14.5. The van der Waals surface area contributed by atoms with Crippen molar-refractivity contribution >= 4 is 34.8 Å². The fourth-order valence-corrected chi connectivity index (χ4v) is 4.32. The molecule has 1 aliphatic heterocycles. The van der Waals surface area contributed by atoms with E-state index < -0.39 is 23.4 Å². The number of thioether (sulfide) groups is 1. The van der Waals surface area contributed by atoms with Crippen LogP contribution >= 0.6 is 11.8 Å². The minimum Gasteiger partial charge on any atom is -0.493 e. The van der Waals surface area contributed by atoms with Crippen LogP contribution in [0.5, 0.6) is 11.5 Å². The zero-order valence-electron chi connectivity index (χ0n) is 17.1. The van der Waals surface area contributed by atoms with Crippen LogP contribution in [-0.2, 0) is 15.3 Å². The lowest BCUT2D eigenvalue weighted by atomic mass is 10.1. The molecule has 164 valence electrons. The zero-order chi connectivity index (χ0) is 22.8. The Morgan fingerprint density at radius 1 is 0.969 bits per heavy atom. The first kappa shape index (κ1) is 21.6. The predicted octanol–water partition coefficient (Wildman–Crippen LogP) is 4.79. The Balaban J connectivity index is 1.80. The second-order valence-electron chi connectivity index (χ2n) is 6.68. The molecule has 6 nitrogen and oxygen atoms in total. The topological polar surface area (TPSA) is 69.0 Å². The Bertz CT molecular complexity index is 1220. The molecule has 0 aliphatic carbocycles. The van der Waals surface area contributed by atoms with Gasteiger partial charge in [0.05, 0.1) is 42.4 Å². The summed E-state index contributed by atoms with van der Waals surface area (Å²) in [5, 5.41) is 0. The second-order valence-corrected chi connectivity index (χ2v) is 7.67. The Morgan fingerprint density at radius 2 is 1.75 bits per heavy atom. The van der Waals surface area contributed by atoms with Gasteiger partial charge in [0, 0.05) is 6.07 Å². The van der Waals surface area contributed by atoms with Gasteiger partial charge < -0.3 is 13.9 Å². The highest BCUT2D eigenvalue weighted by molar-refractivity contribution is 8.03. The van der Waals surface area contributed by atoms with E-state index >= 15 is 0 Å². The fraction of sp³-hybridized carbons (Fsp3) is 0.130. The van der Waals surface area contributed by atoms with Crippen molar-refractivity contribution in [3.63, 3.8) is 0 Å². The number of carbonyl (C=O) groups is 2. The van der Waals surface area contributed by atoms with Gasteiger partial charge in [-0.2, -0.15) is 0 Å². The number of amides is 2. The lowest BCUT2D eigenvalue weighted by Gasteiger charge is -2.16. The van der Waals surface area contributed by atoms with Gasteiger partial charge in [-0.25, -0.2) is 13.7 Å². The quantitative estimate of drug-likeness (QED) is 0.475. The van der Waals surface area contributed by atoms with Crippen molar-refractivity contribution in [2.45, 2.75) is 5.75 Å². The van der Waals surface area contributed by atoms with Gasteiger partial charge in [-0.3, -0.25) is 9.59 Å². The van der Waals surface area contributed by atoms with Crippen LogP contribution in [0.1, 0.15) is 11.3 Å². The average Bonchev–Trinajstić information content (AvgIpc) is 3.38. The number of ether oxygens (including phenoxy) is 2. The average molecular weight is 457 g/mol. The van der Waals surface area contributed by atoms with Gasteiger partial charge in [-0.15, -0.1) is 11.8 Å². The SMILES string of the molecule is COc1ccc(C2=C(SCc3ccco3)C(=O)N(c3ccc(F)cc3F)C2=O)cc1OC. The van der Waals surface area contributed by atoms with Gasteiger partial charge in [0.1, 0.15) is 17.4 Å². The molecule has 32 heavy (non-hydrogen) atoms. The van der Waals surface area contributed by atoms with Gasteiger partial charge in [0.15, 0.2) is 11.5 Å². The summed E-state index contributed by atoms with van der Waals surface area (Å²) in [6, 6.07) is 10.9. The number of benzene rings is 2. The summed E-state index contributed by atoms with van der Waals surface area (Å²) in [5.41, 5.74) is 0.150. The van der Waals surface area contributed by atoms with E-state index in [9.17, 15) is 18.4 Å². The van der Waals surface area contributed by atoms with Gasteiger partial charge in [-0.1, -0.05) is 6.07 Å². The van der Waals surface area contributed by atoms with E-state index in [2.05, 4.69) is 0 Å². The molecule has 1 aromatic heterocycles. The molecule has 0 atom stereocenters. The van der Waals surface area contributed by atoms with E-state index in [1.807, 2.05) is 0 Å². The third-order valence-corrected chi connectivity index (χ3v) is 5.90. The minimum absolute atomic E-state index is 0.0798. The maximum absolute atomic E-state index is 14.5. The summed E-state index contributed by atoms with van der Waals surface area (Å²) in [4.78, 5) is 27.4. The van der Waals surface area contributed by atoms with Crippen molar-refractivity contribution in [2.24, 2.45) is 0 Å². The highest BCUT2D eigenvalue weighted by atomic mass is 32.2. The monoisotopic (exact) mass is 457 g/mol. The normalized spacial score (nSPS) is 13.8. The third-order valence-electron chi connectivity index (χ3n) is 4.80. The molecule has 3 aromatic rings. The van der Waals surface area contributed by atoms with Crippen LogP contribution in [0.15, 0.2) is 64.1 Å². The summed E-state index contributed by atoms with van der Waals surface area (Å²) in [6.45, 7) is 0. The maximum Gasteiger partial charge on any atom is 0.272 e. The van der Waals surface area contributed by atoms with Crippen molar-refractivity contribution in [1.82, 2.24) is 0 Å². The number of carbonyl (C=O) groups excluding carboxylic acids is 2. The molecule has 0 saturated heterocycles. The summed E-state index contributed by atoms with van der Waals surface area (Å²) in [6.07, 6.45) is 1.50. The Labute approximate surface area is 186 Å². The number of rotatable bonds is 7. The van der Waals surface area contributed by atoms with Crippen molar-refractivity contribution in [2.75, 3.05) is 19.1 Å². The van der Waals surface area contributed by atoms with Crippen LogP contribution in [-0.4, -0.2) is 26.0 Å². The number of furan rings is 1. The van der Waals surface area contributed by atoms with Crippen LogP contribution in [0.2, 0.25) is 0 Å². The number of nitrogens with zero attached hydrogens (tertiary/aromatic N) is 1. The van der Waals surface area contributed by atoms with E-state index in [-0.39, 0.29) is 21.9 Å². The van der Waals surface area contributed by atoms with Crippen LogP contribution in [0.25, 0.3) is 5.57 Å². The molecule has 9 heteroatoms. The summed E-state index contributed by atoms with van der Waals surface area (Å²) in [7, 11) is 2.93. The van der Waals surface area contributed by atoms with Crippen molar-refractivity contribution < 1.29 is 32.3 Å². The van der Waals surface area contributed by atoms with E-state index in [1.165, 1.54) is 20.5 Å². The second kappa shape index (κ2) is 8.88. The molecule has 0 fully saturated rings. The number of methoxy groups -OCH3 is 2. The predicted molar refractivity (Wildman–Crippen MR) is 115 cm³/mol. The number of halogens is 2. The van der Waals surface area contributed by atoms with Crippen molar-refractivity contribution in [3.8, 4) is 11.5 Å². The first-order chi connectivity index (χ1) is 15.4. The standard InChI is InChI=1S/C23H17F2NO5S/c1-29-18-8-5-13(10-19(18)30-2)20-21(32-12-15-4-3-9-31-15)23(28)26(22(20)27)17-7-6-14(24)11-16(17)25/h3-11H,12H2,1-2H3. The van der Waals surface area contributed by atoms with Crippen LogP contribution in [0.3, 0.4) is 0 Å². The summed E-state index contributed by atoms with van der Waals surface area (Å²) in [5.74, 6) is -1.59. The lowest BCUT2D eigenvalue weighted by molar-refractivity contribution is -0.119. The minimum atomic E-state index is -1.02. The molecule has 0 spiro atoms. The first-order valence-corrected chi connectivity index (χ1v) is 10.4. The van der Waals surface area contributed by atoms with Crippen molar-refractivity contribution in [1.29, 1.82) is 0 Å². The smallest absolute Gasteiger partial charge is 0.272 e. The number of hydrogen-bond acceptors (Lipinski definition) is 6. The fourth-order valence-electron chi connectivity index (χ4n) is 3.31. The molecule has 0 bridgehead atoms. The Hall–Kier alpha value is -3.59. The molecular weight excluding hydrogens is 440 g/mol. The van der Waals surface area contributed by atoms with Gasteiger partial charge in [-0.05, 0) is 42.0 Å². The number of anilines is 1. The van der Waals surface area contributed by atoms with Gasteiger partial charge in [0.2, 0.25) is 0 Å². The van der Waals surface area contributed by atoms with Gasteiger partial charge >= 0.3 is 0 Å². The lowest BCUT2D eigenvalue weighted by Crippen LogP contribution is -2.32. The largest absolute Gasteiger partial charge is 0.493 e. The van der Waals surface area contributed by atoms with Crippen LogP contribution < -0.4 is 14.4 Å². The number of imide groups is 1. The van der Waals surface area contributed by atoms with E-state index in [0.29, 0.717) is 33.8 Å². The summed E-state index contributed by atoms with van der Waals surface area (Å²) >= 11 is 1.09. The van der Waals surface area contributed by atoms with Crippen LogP contribution in [0, 0.1) is 11.6 Å². The Morgan fingerprint density at radius 3 is 2.41 bits per heavy atom. The third kappa shape index (κ3) is 3.87. The highest BCUT2D eigenvalue weighted by Gasteiger charge is 2.41. The summed E-state index contributed by atoms with van der Waals surface area (Å²) < 4.78 is 43.7. The molecule has 1 aliphatic rings. The van der Waals surface area contributed by atoms with Crippen molar-refractivity contribution in [3.05, 3.63) is 82.7 Å².